The van der Waals surface area contributed by atoms with Crippen LogP contribution in [0, 0.1) is 35.8 Å². The summed E-state index contributed by atoms with van der Waals surface area (Å²) < 4.78 is 0. The van der Waals surface area contributed by atoms with E-state index in [4.69, 9.17) is 0 Å². The third-order valence-electron chi connectivity index (χ3n) is 7.66. The van der Waals surface area contributed by atoms with Crippen molar-refractivity contribution in [3.63, 3.8) is 0 Å². The molecule has 2 saturated heterocycles. The van der Waals surface area contributed by atoms with Gasteiger partial charge in [0.1, 0.15) is 6.04 Å². The number of fused-ring (bicyclic) bond motifs is 5. The molecule has 0 unspecified atom stereocenters. The number of nitrogens with zero attached hydrogens (tertiary/aromatic N) is 3. The zero-order chi connectivity index (χ0) is 26.0. The van der Waals surface area contributed by atoms with Crippen LogP contribution in [0.3, 0.4) is 0 Å². The van der Waals surface area contributed by atoms with Gasteiger partial charge in [0, 0.05) is 23.9 Å². The summed E-state index contributed by atoms with van der Waals surface area (Å²) in [5.74, 6) is -2.89. The van der Waals surface area contributed by atoms with Gasteiger partial charge in [-0.1, -0.05) is 54.1 Å². The molecule has 3 aliphatic heterocycles. The number of imide groups is 1. The molecule has 0 spiro atoms. The molecule has 0 radical (unpaired) electrons. The number of aryl methyl sites for hydroxylation is 2. The lowest BCUT2D eigenvalue weighted by atomic mass is 9.83. The predicted octanol–water partition coefficient (Wildman–Crippen LogP) is 4.61. The number of hydrogen-bond acceptors (Lipinski definition) is 6. The fraction of sp³-hybridized carbons (Fsp3) is 0.207. The molecular formula is C29H23N3O5. The van der Waals surface area contributed by atoms with E-state index in [1.54, 1.807) is 17.2 Å². The summed E-state index contributed by atoms with van der Waals surface area (Å²) in [5.41, 5.74) is 4.05. The van der Waals surface area contributed by atoms with Crippen molar-refractivity contribution in [2.45, 2.75) is 25.9 Å². The van der Waals surface area contributed by atoms with Crippen molar-refractivity contribution in [1.82, 2.24) is 4.90 Å². The first kappa shape index (κ1) is 22.8. The Bertz CT molecular complexity index is 1540. The molecule has 3 heterocycles. The summed E-state index contributed by atoms with van der Waals surface area (Å²) in [6, 6.07) is 17.2. The molecule has 0 bridgehead atoms. The number of amides is 2. The fourth-order valence-electron chi connectivity index (χ4n) is 6.09. The van der Waals surface area contributed by atoms with Crippen LogP contribution in [0.5, 0.6) is 0 Å². The Morgan fingerprint density at radius 1 is 0.919 bits per heavy atom. The molecule has 3 aromatic carbocycles. The van der Waals surface area contributed by atoms with Gasteiger partial charge >= 0.3 is 0 Å². The van der Waals surface area contributed by atoms with Gasteiger partial charge in [-0.2, -0.15) is 0 Å². The molecule has 2 fully saturated rings. The first-order valence-electron chi connectivity index (χ1n) is 12.1. The van der Waals surface area contributed by atoms with Gasteiger partial charge in [0.2, 0.25) is 11.8 Å². The van der Waals surface area contributed by atoms with Crippen LogP contribution in [-0.2, 0) is 9.59 Å². The number of non-ortho nitro benzene ring substituents is 1. The van der Waals surface area contributed by atoms with Gasteiger partial charge in [-0.3, -0.25) is 24.5 Å². The minimum atomic E-state index is -0.978. The summed E-state index contributed by atoms with van der Waals surface area (Å²) in [6.07, 6.45) is 3.64. The number of ketones is 1. The largest absolute Gasteiger partial charge is 0.358 e. The molecule has 184 valence electrons. The second-order valence-electron chi connectivity index (χ2n) is 9.81. The van der Waals surface area contributed by atoms with Crippen molar-refractivity contribution < 1.29 is 19.3 Å². The third kappa shape index (κ3) is 3.32. The number of nitro groups is 1. The number of anilines is 1. The molecule has 37 heavy (non-hydrogen) atoms. The highest BCUT2D eigenvalue weighted by Gasteiger charge is 2.64. The van der Waals surface area contributed by atoms with Gasteiger partial charge in [0.25, 0.3) is 5.69 Å². The van der Waals surface area contributed by atoms with E-state index >= 15 is 0 Å². The SMILES string of the molecule is Cc1ccc(N2C(=O)[C@@H]3[C@H](C2=O)[C@@H]2c4ccccc4C=CN2[C@@H]3C(=O)c2cccc([N+](=O)[O-])c2)c(C)c1. The normalized spacial score (nSPS) is 23.6. The number of benzene rings is 3. The van der Waals surface area contributed by atoms with Crippen LogP contribution in [0.4, 0.5) is 11.4 Å². The maximum absolute atomic E-state index is 14.0. The van der Waals surface area contributed by atoms with Crippen LogP contribution in [0.2, 0.25) is 0 Å². The Morgan fingerprint density at radius 2 is 1.68 bits per heavy atom. The van der Waals surface area contributed by atoms with E-state index in [-0.39, 0.29) is 17.2 Å². The Kier molecular flexibility index (Phi) is 5.08. The summed E-state index contributed by atoms with van der Waals surface area (Å²) in [4.78, 5) is 55.8. The Morgan fingerprint density at radius 3 is 2.43 bits per heavy atom. The minimum absolute atomic E-state index is 0.135. The molecule has 8 nitrogen and oxygen atoms in total. The number of Topliss-reactive ketones (excluding diaryl/α,β-unsaturated/α-hetero) is 1. The van der Waals surface area contributed by atoms with Gasteiger partial charge in [0.05, 0.1) is 28.5 Å². The summed E-state index contributed by atoms with van der Waals surface area (Å²) >= 11 is 0. The number of hydrogen-bond donors (Lipinski definition) is 0. The lowest BCUT2D eigenvalue weighted by molar-refractivity contribution is -0.384. The van der Waals surface area contributed by atoms with E-state index in [1.165, 1.54) is 29.2 Å². The number of carbonyl (C=O) groups is 3. The average Bonchev–Trinajstić information content (AvgIpc) is 3.36. The molecule has 0 aromatic heterocycles. The maximum atomic E-state index is 14.0. The highest BCUT2D eigenvalue weighted by atomic mass is 16.6. The molecule has 3 aromatic rings. The zero-order valence-electron chi connectivity index (χ0n) is 20.2. The van der Waals surface area contributed by atoms with E-state index in [0.717, 1.165) is 22.3 Å². The van der Waals surface area contributed by atoms with Gasteiger partial charge in [0.15, 0.2) is 5.78 Å². The van der Waals surface area contributed by atoms with Crippen LogP contribution in [0.15, 0.2) is 72.9 Å². The van der Waals surface area contributed by atoms with Crippen molar-refractivity contribution in [2.24, 2.45) is 11.8 Å². The monoisotopic (exact) mass is 493 g/mol. The highest BCUT2D eigenvalue weighted by Crippen LogP contribution is 2.54. The van der Waals surface area contributed by atoms with Gasteiger partial charge < -0.3 is 4.90 Å². The topological polar surface area (TPSA) is 101 Å². The van der Waals surface area contributed by atoms with Crippen LogP contribution >= 0.6 is 0 Å². The van der Waals surface area contributed by atoms with E-state index in [0.29, 0.717) is 5.69 Å². The molecular weight excluding hydrogens is 470 g/mol. The second kappa shape index (κ2) is 8.23. The predicted molar refractivity (Wildman–Crippen MR) is 137 cm³/mol. The lowest BCUT2D eigenvalue weighted by Crippen LogP contribution is -2.44. The molecule has 4 atom stereocenters. The van der Waals surface area contributed by atoms with Crippen molar-refractivity contribution in [2.75, 3.05) is 4.90 Å². The van der Waals surface area contributed by atoms with E-state index < -0.39 is 40.5 Å². The zero-order valence-corrected chi connectivity index (χ0v) is 20.2. The summed E-state index contributed by atoms with van der Waals surface area (Å²) in [7, 11) is 0. The van der Waals surface area contributed by atoms with Crippen molar-refractivity contribution in [1.29, 1.82) is 0 Å². The Hall–Kier alpha value is -4.59. The van der Waals surface area contributed by atoms with Crippen molar-refractivity contribution >= 4 is 35.0 Å². The van der Waals surface area contributed by atoms with Gasteiger partial charge in [-0.05, 0) is 42.7 Å². The maximum Gasteiger partial charge on any atom is 0.270 e. The third-order valence-corrected chi connectivity index (χ3v) is 7.66. The van der Waals surface area contributed by atoms with E-state index in [9.17, 15) is 24.5 Å². The van der Waals surface area contributed by atoms with Gasteiger partial charge in [-0.15, -0.1) is 0 Å². The summed E-state index contributed by atoms with van der Waals surface area (Å²) in [5, 5.41) is 11.4. The van der Waals surface area contributed by atoms with Gasteiger partial charge in [-0.25, -0.2) is 4.90 Å². The molecule has 6 rings (SSSR count). The number of rotatable bonds is 4. The smallest absolute Gasteiger partial charge is 0.270 e. The van der Waals surface area contributed by atoms with Crippen molar-refractivity contribution in [3.8, 4) is 0 Å². The summed E-state index contributed by atoms with van der Waals surface area (Å²) in [6.45, 7) is 3.80. The highest BCUT2D eigenvalue weighted by molar-refractivity contribution is 6.25. The van der Waals surface area contributed by atoms with E-state index in [1.807, 2.05) is 56.3 Å². The Labute approximate surface area is 213 Å². The molecule has 2 amide bonds. The number of nitro benzene ring substituents is 1. The standard InChI is InChI=1S/C29H23N3O5/c1-16-10-11-22(17(2)14-16)31-28(34)23-24(29(31)35)26(27(33)19-7-5-8-20(15-19)32(36)37)30-13-12-18-6-3-4-9-21(18)25(23)30/h3-15,23-26H,1-2H3/t23-,24+,25-,26-/m0/s1. The van der Waals surface area contributed by atoms with Crippen LogP contribution < -0.4 is 4.90 Å². The van der Waals surface area contributed by atoms with Crippen molar-refractivity contribution in [3.05, 3.63) is 111 Å². The quantitative estimate of drug-likeness (QED) is 0.228. The molecule has 0 N–H and O–H groups in total. The number of carbonyl (C=O) groups excluding carboxylic acids is 3. The van der Waals surface area contributed by atoms with Crippen LogP contribution in [0.25, 0.3) is 6.08 Å². The fourth-order valence-corrected chi connectivity index (χ4v) is 6.09. The van der Waals surface area contributed by atoms with Crippen LogP contribution in [-0.4, -0.2) is 33.5 Å². The molecule has 0 saturated carbocycles. The first-order chi connectivity index (χ1) is 17.8. The molecule has 0 aliphatic carbocycles. The minimum Gasteiger partial charge on any atom is -0.358 e. The molecule has 3 aliphatic rings. The average molecular weight is 494 g/mol. The second-order valence-corrected chi connectivity index (χ2v) is 9.81. The van der Waals surface area contributed by atoms with Crippen LogP contribution in [0.1, 0.15) is 38.7 Å². The van der Waals surface area contributed by atoms with E-state index in [2.05, 4.69) is 0 Å². The first-order valence-corrected chi connectivity index (χ1v) is 12.1. The lowest BCUT2D eigenvalue weighted by Gasteiger charge is -2.35. The Balaban J connectivity index is 1.50. The molecule has 8 heteroatoms.